The lowest BCUT2D eigenvalue weighted by Gasteiger charge is -2.28. The van der Waals surface area contributed by atoms with Crippen LogP contribution in [0, 0.1) is 0 Å². The zero-order chi connectivity index (χ0) is 25.1. The van der Waals surface area contributed by atoms with E-state index in [-0.39, 0.29) is 12.0 Å². The van der Waals surface area contributed by atoms with Gasteiger partial charge in [0.05, 0.1) is 23.3 Å². The van der Waals surface area contributed by atoms with Gasteiger partial charge in [-0.25, -0.2) is 0 Å². The van der Waals surface area contributed by atoms with Gasteiger partial charge in [0.2, 0.25) is 0 Å². The van der Waals surface area contributed by atoms with Crippen LogP contribution in [-0.4, -0.2) is 31.8 Å². The van der Waals surface area contributed by atoms with Crippen molar-refractivity contribution in [3.63, 3.8) is 0 Å². The van der Waals surface area contributed by atoms with Gasteiger partial charge in [0.1, 0.15) is 0 Å². The number of aliphatic imine (C=N–C) groups is 1. The quantitative estimate of drug-likeness (QED) is 0.273. The number of hydrogen-bond acceptors (Lipinski definition) is 5. The van der Waals surface area contributed by atoms with Crippen molar-refractivity contribution < 1.29 is 0 Å². The van der Waals surface area contributed by atoms with Crippen LogP contribution in [0.4, 0.5) is 11.4 Å². The molecule has 8 rings (SSSR count). The topological polar surface area (TPSA) is 59.2 Å². The van der Waals surface area contributed by atoms with Crippen LogP contribution in [-0.2, 0) is 0 Å². The zero-order valence-corrected chi connectivity index (χ0v) is 20.4. The molecule has 0 spiro atoms. The zero-order valence-electron chi connectivity index (χ0n) is 20.4. The minimum atomic E-state index is 0.167. The van der Waals surface area contributed by atoms with E-state index in [0.717, 1.165) is 33.2 Å². The highest BCUT2D eigenvalue weighted by atomic mass is 15.2. The molecule has 2 aromatic carbocycles. The number of pyridine rings is 3. The van der Waals surface area contributed by atoms with Crippen molar-refractivity contribution in [1.29, 1.82) is 0 Å². The molecule has 0 aliphatic carbocycles. The van der Waals surface area contributed by atoms with Crippen molar-refractivity contribution in [2.24, 2.45) is 4.99 Å². The minimum Gasteiger partial charge on any atom is -0.332 e. The molecule has 0 N–H and O–H groups in total. The number of nitrogens with zero attached hydrogens (tertiary/aromatic N) is 6. The van der Waals surface area contributed by atoms with Crippen LogP contribution >= 0.6 is 0 Å². The monoisotopic (exact) mass is 490 g/mol. The smallest absolute Gasteiger partial charge is 0.0798 e. The molecule has 0 radical (unpaired) electrons. The van der Waals surface area contributed by atoms with Gasteiger partial charge in [-0.1, -0.05) is 30.3 Å². The Labute approximate surface area is 219 Å². The Hall–Kier alpha value is -5.10. The first-order valence-electron chi connectivity index (χ1n) is 12.7. The van der Waals surface area contributed by atoms with Crippen LogP contribution in [0.2, 0.25) is 0 Å². The summed E-state index contributed by atoms with van der Waals surface area (Å²) in [6.07, 6.45) is 17.5. The summed E-state index contributed by atoms with van der Waals surface area (Å²) in [6.45, 7) is 0. The molecule has 6 heterocycles. The summed E-state index contributed by atoms with van der Waals surface area (Å²) in [5.74, 6) is 0.273. The number of benzene rings is 2. The molecule has 0 fully saturated rings. The van der Waals surface area contributed by atoms with E-state index in [1.54, 1.807) is 0 Å². The van der Waals surface area contributed by atoms with Crippen LogP contribution in [0.25, 0.3) is 38.6 Å². The molecular weight excluding hydrogens is 468 g/mol. The molecule has 6 heteroatoms. The summed E-state index contributed by atoms with van der Waals surface area (Å²) < 4.78 is 2.25. The van der Waals surface area contributed by atoms with Crippen LogP contribution in [0.1, 0.15) is 11.5 Å². The van der Waals surface area contributed by atoms with Crippen LogP contribution in [0.15, 0.2) is 121 Å². The highest BCUT2D eigenvalue weighted by Gasteiger charge is 2.38. The average molecular weight is 491 g/mol. The lowest BCUT2D eigenvalue weighted by atomic mass is 9.95. The lowest BCUT2D eigenvalue weighted by Crippen LogP contribution is -2.32. The molecule has 0 bridgehead atoms. The fraction of sp³-hybridized carbons (Fsp3) is 0.0625. The van der Waals surface area contributed by atoms with E-state index in [1.165, 1.54) is 22.4 Å². The van der Waals surface area contributed by atoms with E-state index in [2.05, 4.69) is 102 Å². The molecule has 2 aliphatic rings. The Morgan fingerprint density at radius 3 is 2.16 bits per heavy atom. The third kappa shape index (κ3) is 3.07. The van der Waals surface area contributed by atoms with Gasteiger partial charge in [-0.2, -0.15) is 0 Å². The van der Waals surface area contributed by atoms with Gasteiger partial charge >= 0.3 is 0 Å². The van der Waals surface area contributed by atoms with E-state index < -0.39 is 0 Å². The molecule has 2 aliphatic heterocycles. The number of rotatable bonds is 3. The SMILES string of the molecule is C1=CC2c3cnccc3N(c3ccc(-c4ccc(-n5c6ccncc6c6ccncc65)cc4)cc3)[C@@H]2C=N1. The van der Waals surface area contributed by atoms with Crippen molar-refractivity contribution in [3.8, 4) is 16.8 Å². The normalized spacial score (nSPS) is 17.7. The summed E-state index contributed by atoms with van der Waals surface area (Å²) in [7, 11) is 0. The summed E-state index contributed by atoms with van der Waals surface area (Å²) in [5.41, 5.74) is 9.24. The highest BCUT2D eigenvalue weighted by molar-refractivity contribution is 6.08. The Balaban J connectivity index is 1.14. The van der Waals surface area contributed by atoms with Crippen molar-refractivity contribution in [2.45, 2.75) is 12.0 Å². The van der Waals surface area contributed by atoms with Gasteiger partial charge in [0.25, 0.3) is 0 Å². The molecule has 0 amide bonds. The van der Waals surface area contributed by atoms with Crippen molar-refractivity contribution >= 4 is 39.4 Å². The summed E-state index contributed by atoms with van der Waals surface area (Å²) >= 11 is 0. The van der Waals surface area contributed by atoms with Gasteiger partial charge in [-0.05, 0) is 53.6 Å². The molecule has 6 nitrogen and oxygen atoms in total. The molecule has 180 valence electrons. The van der Waals surface area contributed by atoms with Gasteiger partial charge < -0.3 is 9.47 Å². The van der Waals surface area contributed by atoms with E-state index in [4.69, 9.17) is 0 Å². The van der Waals surface area contributed by atoms with E-state index in [1.807, 2.05) is 49.6 Å². The maximum atomic E-state index is 4.43. The maximum absolute atomic E-state index is 4.43. The lowest BCUT2D eigenvalue weighted by molar-refractivity contribution is 0.786. The Kier molecular flexibility index (Phi) is 4.54. The first-order chi connectivity index (χ1) is 18.9. The van der Waals surface area contributed by atoms with Gasteiger partial charge in [0, 0.05) is 82.7 Å². The largest absolute Gasteiger partial charge is 0.332 e. The second-order valence-corrected chi connectivity index (χ2v) is 9.68. The Morgan fingerprint density at radius 2 is 1.32 bits per heavy atom. The average Bonchev–Trinajstić information content (AvgIpc) is 3.51. The molecule has 38 heavy (non-hydrogen) atoms. The van der Waals surface area contributed by atoms with Crippen LogP contribution in [0.5, 0.6) is 0 Å². The minimum absolute atomic E-state index is 0.167. The number of fused-ring (bicyclic) bond motifs is 6. The number of aromatic nitrogens is 4. The molecule has 0 saturated heterocycles. The Bertz CT molecular complexity index is 1830. The Morgan fingerprint density at radius 1 is 0.605 bits per heavy atom. The second kappa shape index (κ2) is 8.21. The maximum Gasteiger partial charge on any atom is 0.0798 e. The third-order valence-corrected chi connectivity index (χ3v) is 7.71. The van der Waals surface area contributed by atoms with Gasteiger partial charge in [-0.15, -0.1) is 0 Å². The summed E-state index contributed by atoms with van der Waals surface area (Å²) in [5, 5.41) is 2.28. The molecular formula is C32H22N6. The molecule has 1 unspecified atom stereocenters. The van der Waals surface area contributed by atoms with Crippen molar-refractivity contribution in [3.05, 3.63) is 122 Å². The summed E-state index contributed by atoms with van der Waals surface area (Å²) in [4.78, 5) is 19.9. The van der Waals surface area contributed by atoms with Gasteiger partial charge in [-0.3, -0.25) is 19.9 Å². The molecule has 6 aromatic rings. The van der Waals surface area contributed by atoms with Crippen LogP contribution < -0.4 is 4.90 Å². The summed E-state index contributed by atoms with van der Waals surface area (Å²) in [6, 6.07) is 23.9. The van der Waals surface area contributed by atoms with E-state index in [9.17, 15) is 0 Å². The second-order valence-electron chi connectivity index (χ2n) is 9.68. The third-order valence-electron chi connectivity index (χ3n) is 7.71. The number of anilines is 2. The molecule has 4 aromatic heterocycles. The standard InChI is InChI=1S/C32H22N6/c1-5-23(37-29-11-15-33-17-27(29)25-9-13-35-19-31(25)37)6-2-21(1)22-3-7-24(8-4-22)38-30-12-16-34-18-28(30)26-10-14-36-20-32(26)38/h1-20,25,31H/t25?,31-/m1/s1. The van der Waals surface area contributed by atoms with Gasteiger partial charge in [0.15, 0.2) is 0 Å². The fourth-order valence-electron chi connectivity index (χ4n) is 5.96. The van der Waals surface area contributed by atoms with Crippen LogP contribution in [0.3, 0.4) is 0 Å². The number of hydrogen-bond donors (Lipinski definition) is 0. The fourth-order valence-corrected chi connectivity index (χ4v) is 5.96. The van der Waals surface area contributed by atoms with E-state index in [0.29, 0.717) is 0 Å². The highest BCUT2D eigenvalue weighted by Crippen LogP contribution is 2.46. The van der Waals surface area contributed by atoms with E-state index >= 15 is 0 Å². The van der Waals surface area contributed by atoms with Crippen molar-refractivity contribution in [1.82, 2.24) is 19.5 Å². The first-order valence-corrected chi connectivity index (χ1v) is 12.7. The molecule has 0 saturated carbocycles. The molecule has 2 atom stereocenters. The predicted octanol–water partition coefficient (Wildman–Crippen LogP) is 6.84. The first kappa shape index (κ1) is 21.0. The van der Waals surface area contributed by atoms with Crippen molar-refractivity contribution in [2.75, 3.05) is 4.90 Å². The predicted molar refractivity (Wildman–Crippen MR) is 152 cm³/mol.